The molecule has 0 amide bonds. The number of methoxy groups -OCH3 is 1. The number of anilines is 1. The van der Waals surface area contributed by atoms with Crippen LogP contribution in [0, 0.1) is 0 Å². The minimum atomic E-state index is 0.278. The summed E-state index contributed by atoms with van der Waals surface area (Å²) in [4.78, 5) is 1.95. The first-order chi connectivity index (χ1) is 9.29. The molecule has 1 fully saturated rings. The van der Waals surface area contributed by atoms with Crippen LogP contribution >= 0.6 is 0 Å². The molecule has 1 N–H and O–H groups in total. The Hall–Kier alpha value is -1.18. The standard InChI is InChI=1S/C12H22N4O3/c1-16(9-10-4-3-6-18-10)12-15-14-11(19-12)8-13-5-7-17-2/h10,13H,3-9H2,1-2H3. The molecule has 1 aliphatic rings. The zero-order valence-corrected chi connectivity index (χ0v) is 11.6. The van der Waals surface area contributed by atoms with Crippen LogP contribution in [0.1, 0.15) is 18.7 Å². The SMILES string of the molecule is COCCNCc1nnc(N(C)CC2CCCO2)o1. The van der Waals surface area contributed by atoms with Crippen molar-refractivity contribution < 1.29 is 13.9 Å². The lowest BCUT2D eigenvalue weighted by Crippen LogP contribution is -2.28. The first-order valence-electron chi connectivity index (χ1n) is 6.64. The van der Waals surface area contributed by atoms with Gasteiger partial charge in [-0.25, -0.2) is 0 Å². The zero-order chi connectivity index (χ0) is 13.5. The highest BCUT2D eigenvalue weighted by atomic mass is 16.5. The summed E-state index contributed by atoms with van der Waals surface area (Å²) < 4.78 is 16.1. The fraction of sp³-hybridized carbons (Fsp3) is 0.833. The number of aromatic nitrogens is 2. The average molecular weight is 270 g/mol. The number of rotatable bonds is 8. The van der Waals surface area contributed by atoms with E-state index in [1.54, 1.807) is 7.11 Å². The Morgan fingerprint density at radius 3 is 3.11 bits per heavy atom. The van der Waals surface area contributed by atoms with Gasteiger partial charge in [-0.2, -0.15) is 0 Å². The van der Waals surface area contributed by atoms with Crippen LogP contribution in [-0.2, 0) is 16.0 Å². The molecule has 1 aromatic heterocycles. The van der Waals surface area contributed by atoms with Crippen molar-refractivity contribution in [1.29, 1.82) is 0 Å². The normalized spacial score (nSPS) is 18.9. The Morgan fingerprint density at radius 1 is 1.47 bits per heavy atom. The van der Waals surface area contributed by atoms with Gasteiger partial charge in [-0.3, -0.25) is 0 Å². The second kappa shape index (κ2) is 7.42. The van der Waals surface area contributed by atoms with Gasteiger partial charge in [0.1, 0.15) is 0 Å². The van der Waals surface area contributed by atoms with Crippen LogP contribution in [0.5, 0.6) is 0 Å². The van der Waals surface area contributed by atoms with Crippen molar-refractivity contribution in [1.82, 2.24) is 15.5 Å². The molecule has 19 heavy (non-hydrogen) atoms. The van der Waals surface area contributed by atoms with Crippen LogP contribution < -0.4 is 10.2 Å². The van der Waals surface area contributed by atoms with Gasteiger partial charge in [-0.05, 0) is 12.8 Å². The lowest BCUT2D eigenvalue weighted by atomic mass is 10.2. The minimum absolute atomic E-state index is 0.278. The molecule has 2 heterocycles. The summed E-state index contributed by atoms with van der Waals surface area (Å²) >= 11 is 0. The Balaban J connectivity index is 1.75. The van der Waals surface area contributed by atoms with Crippen LogP contribution in [0.15, 0.2) is 4.42 Å². The van der Waals surface area contributed by atoms with E-state index in [1.165, 1.54) is 0 Å². The summed E-state index contributed by atoms with van der Waals surface area (Å²) in [7, 11) is 3.61. The van der Waals surface area contributed by atoms with E-state index in [-0.39, 0.29) is 6.10 Å². The predicted molar refractivity (Wildman–Crippen MR) is 70.1 cm³/mol. The highest BCUT2D eigenvalue weighted by Crippen LogP contribution is 2.16. The van der Waals surface area contributed by atoms with Crippen LogP contribution in [0.4, 0.5) is 6.01 Å². The molecule has 7 nitrogen and oxygen atoms in total. The molecule has 7 heteroatoms. The average Bonchev–Trinajstić information content (AvgIpc) is 3.05. The van der Waals surface area contributed by atoms with Crippen LogP contribution in [-0.4, -0.2) is 56.8 Å². The summed E-state index contributed by atoms with van der Waals surface area (Å²) in [6, 6.07) is 0.541. The largest absolute Gasteiger partial charge is 0.407 e. The van der Waals surface area contributed by atoms with Gasteiger partial charge in [-0.15, -0.1) is 5.10 Å². The molecular weight excluding hydrogens is 248 g/mol. The summed E-state index contributed by atoms with van der Waals surface area (Å²) in [5, 5.41) is 11.2. The Bertz CT molecular complexity index is 366. The van der Waals surface area contributed by atoms with E-state index in [1.807, 2.05) is 11.9 Å². The summed E-state index contributed by atoms with van der Waals surface area (Å²) in [5.41, 5.74) is 0. The number of hydrogen-bond acceptors (Lipinski definition) is 7. The molecule has 2 rings (SSSR count). The Morgan fingerprint density at radius 2 is 2.37 bits per heavy atom. The van der Waals surface area contributed by atoms with Gasteiger partial charge in [-0.1, -0.05) is 5.10 Å². The van der Waals surface area contributed by atoms with Crippen molar-refractivity contribution >= 4 is 6.01 Å². The minimum Gasteiger partial charge on any atom is -0.407 e. The van der Waals surface area contributed by atoms with Crippen molar-refractivity contribution in [3.8, 4) is 0 Å². The first kappa shape index (κ1) is 14.2. The molecule has 1 unspecified atom stereocenters. The van der Waals surface area contributed by atoms with Crippen molar-refractivity contribution in [3.05, 3.63) is 5.89 Å². The molecule has 0 aromatic carbocycles. The van der Waals surface area contributed by atoms with E-state index in [4.69, 9.17) is 13.9 Å². The van der Waals surface area contributed by atoms with Crippen molar-refractivity contribution in [2.24, 2.45) is 0 Å². The van der Waals surface area contributed by atoms with Gasteiger partial charge in [0, 0.05) is 33.9 Å². The van der Waals surface area contributed by atoms with Gasteiger partial charge in [0.25, 0.3) is 0 Å². The Labute approximate surface area is 113 Å². The highest BCUT2D eigenvalue weighted by Gasteiger charge is 2.20. The second-order valence-corrected chi connectivity index (χ2v) is 4.66. The molecular formula is C12H22N4O3. The van der Waals surface area contributed by atoms with Crippen LogP contribution in [0.2, 0.25) is 0 Å². The lowest BCUT2D eigenvalue weighted by Gasteiger charge is -2.17. The molecule has 1 atom stereocenters. The molecule has 1 aromatic rings. The summed E-state index contributed by atoms with van der Waals surface area (Å²) in [6.07, 6.45) is 2.51. The van der Waals surface area contributed by atoms with Crippen molar-refractivity contribution in [2.45, 2.75) is 25.5 Å². The van der Waals surface area contributed by atoms with E-state index in [0.29, 0.717) is 25.1 Å². The van der Waals surface area contributed by atoms with E-state index in [0.717, 1.165) is 32.5 Å². The maximum absolute atomic E-state index is 5.59. The van der Waals surface area contributed by atoms with E-state index in [2.05, 4.69) is 15.5 Å². The molecule has 0 aliphatic carbocycles. The van der Waals surface area contributed by atoms with Crippen LogP contribution in [0.3, 0.4) is 0 Å². The molecule has 0 radical (unpaired) electrons. The van der Waals surface area contributed by atoms with E-state index in [9.17, 15) is 0 Å². The quantitative estimate of drug-likeness (QED) is 0.686. The number of likely N-dealkylation sites (N-methyl/N-ethyl adjacent to an activating group) is 1. The highest BCUT2D eigenvalue weighted by molar-refractivity contribution is 5.22. The summed E-state index contributed by atoms with van der Waals surface area (Å²) in [6.45, 7) is 3.64. The molecule has 1 aliphatic heterocycles. The maximum atomic E-state index is 5.59. The summed E-state index contributed by atoms with van der Waals surface area (Å²) in [5.74, 6) is 0.588. The third kappa shape index (κ3) is 4.45. The molecule has 1 saturated heterocycles. The fourth-order valence-corrected chi connectivity index (χ4v) is 2.01. The van der Waals surface area contributed by atoms with Crippen LogP contribution in [0.25, 0.3) is 0 Å². The Kier molecular flexibility index (Phi) is 5.56. The maximum Gasteiger partial charge on any atom is 0.318 e. The van der Waals surface area contributed by atoms with Gasteiger partial charge in [0.2, 0.25) is 5.89 Å². The molecule has 0 bridgehead atoms. The lowest BCUT2D eigenvalue weighted by molar-refractivity contribution is 0.115. The molecule has 0 spiro atoms. The third-order valence-corrected chi connectivity index (χ3v) is 3.04. The van der Waals surface area contributed by atoms with Gasteiger partial charge in [0.05, 0.1) is 19.3 Å². The molecule has 0 saturated carbocycles. The molecule has 108 valence electrons. The van der Waals surface area contributed by atoms with Crippen molar-refractivity contribution in [3.63, 3.8) is 0 Å². The number of ether oxygens (including phenoxy) is 2. The monoisotopic (exact) mass is 270 g/mol. The van der Waals surface area contributed by atoms with Gasteiger partial charge in [0.15, 0.2) is 0 Å². The number of nitrogens with zero attached hydrogens (tertiary/aromatic N) is 3. The topological polar surface area (TPSA) is 72.7 Å². The smallest absolute Gasteiger partial charge is 0.318 e. The first-order valence-corrected chi connectivity index (χ1v) is 6.64. The van der Waals surface area contributed by atoms with E-state index >= 15 is 0 Å². The third-order valence-electron chi connectivity index (χ3n) is 3.04. The fourth-order valence-electron chi connectivity index (χ4n) is 2.01. The zero-order valence-electron chi connectivity index (χ0n) is 11.6. The van der Waals surface area contributed by atoms with Crippen molar-refractivity contribution in [2.75, 3.05) is 45.4 Å². The van der Waals surface area contributed by atoms with Gasteiger partial charge >= 0.3 is 6.01 Å². The number of hydrogen-bond donors (Lipinski definition) is 1. The predicted octanol–water partition coefficient (Wildman–Crippen LogP) is 0.421. The van der Waals surface area contributed by atoms with E-state index < -0.39 is 0 Å². The second-order valence-electron chi connectivity index (χ2n) is 4.66. The van der Waals surface area contributed by atoms with Gasteiger partial charge < -0.3 is 24.1 Å². The number of nitrogens with one attached hydrogen (secondary N) is 1.